The molecule has 0 fully saturated rings. The molecule has 26 heavy (non-hydrogen) atoms. The summed E-state index contributed by atoms with van der Waals surface area (Å²) < 4.78 is 0. The monoisotopic (exact) mass is 391 g/mol. The average molecular weight is 391 g/mol. The topological polar surface area (TPSA) is 141 Å². The van der Waals surface area contributed by atoms with Crippen molar-refractivity contribution < 1.29 is 89.2 Å². The zero-order valence-corrected chi connectivity index (χ0v) is 20.6. The van der Waals surface area contributed by atoms with Crippen LogP contribution in [0.4, 0.5) is 0 Å². The number of nitrogens with one attached hydrogen (secondary N) is 1. The Balaban J connectivity index is -0.000000807. The summed E-state index contributed by atoms with van der Waals surface area (Å²) in [6.45, 7) is 2.19. The van der Waals surface area contributed by atoms with E-state index in [1.54, 1.807) is 0 Å². The van der Waals surface area contributed by atoms with E-state index in [9.17, 15) is 24.6 Å². The Kier molecular flexibility index (Phi) is 30.5. The average Bonchev–Trinajstić information content (AvgIpc) is 2.49. The fourth-order valence-electron chi connectivity index (χ4n) is 2.37. The molecule has 0 bridgehead atoms. The smallest absolute Gasteiger partial charge is 0.550 e. The van der Waals surface area contributed by atoms with Crippen molar-refractivity contribution in [2.75, 3.05) is 0 Å². The number of carboxylic acid groups (broad SMARTS) is 2. The van der Waals surface area contributed by atoms with E-state index in [0.29, 0.717) is 6.42 Å². The summed E-state index contributed by atoms with van der Waals surface area (Å²) in [7, 11) is 0. The van der Waals surface area contributed by atoms with Gasteiger partial charge in [-0.1, -0.05) is 58.3 Å². The van der Waals surface area contributed by atoms with Crippen molar-refractivity contribution in [3.05, 3.63) is 0 Å². The summed E-state index contributed by atoms with van der Waals surface area (Å²) in [5.74, 6) is -3.18. The third-order valence-corrected chi connectivity index (χ3v) is 3.76. The van der Waals surface area contributed by atoms with Gasteiger partial charge in [-0.3, -0.25) is 4.79 Å². The maximum atomic E-state index is 11.6. The molecular weight excluding hydrogens is 360 g/mol. The summed E-state index contributed by atoms with van der Waals surface area (Å²) >= 11 is 0. The van der Waals surface area contributed by atoms with Crippen molar-refractivity contribution in [3.63, 3.8) is 0 Å². The number of rotatable bonds is 15. The second-order valence-corrected chi connectivity index (χ2v) is 5.93. The maximum Gasteiger partial charge on any atom is 1.00 e. The molecule has 1 unspecified atom stereocenters. The van der Waals surface area contributed by atoms with Gasteiger partial charge in [0, 0.05) is 12.4 Å². The second kappa shape index (κ2) is 23.4. The standard InChI is InChI=1S/C17H31NO5.2Na.H2O/c1-2-3-4-5-6-7-8-9-10-11-15(19)18-14(17(22)23)12-13-16(20)21;;;/h14H,2-13H2,1H3,(H,18,19)(H,20,21)(H,22,23);;;1H2/q;2*+1;/p-2. The van der Waals surface area contributed by atoms with E-state index in [1.807, 2.05) is 0 Å². The van der Waals surface area contributed by atoms with Crippen LogP contribution in [0.5, 0.6) is 0 Å². The molecule has 0 spiro atoms. The minimum Gasteiger partial charge on any atom is -0.550 e. The van der Waals surface area contributed by atoms with Crippen LogP contribution in [-0.4, -0.2) is 29.4 Å². The van der Waals surface area contributed by atoms with Crippen LogP contribution in [0.2, 0.25) is 0 Å². The molecule has 3 N–H and O–H groups in total. The van der Waals surface area contributed by atoms with E-state index in [2.05, 4.69) is 12.2 Å². The zero-order valence-electron chi connectivity index (χ0n) is 16.6. The first-order chi connectivity index (χ1) is 11.0. The van der Waals surface area contributed by atoms with E-state index >= 15 is 0 Å². The van der Waals surface area contributed by atoms with Crippen molar-refractivity contribution in [3.8, 4) is 0 Å². The molecule has 1 atom stereocenters. The molecule has 0 saturated carbocycles. The summed E-state index contributed by atoms with van der Waals surface area (Å²) in [5, 5.41) is 23.5. The SMILES string of the molecule is CCCCCCCCCCCC(=O)NC(CCC(=O)[O-])C(=O)[O-].O.[Na+].[Na+]. The third-order valence-electron chi connectivity index (χ3n) is 3.76. The molecule has 1 amide bonds. The number of amides is 1. The fraction of sp³-hybridized carbons (Fsp3) is 0.824. The summed E-state index contributed by atoms with van der Waals surface area (Å²) in [6.07, 6.45) is 9.82. The molecule has 0 heterocycles. The largest absolute Gasteiger partial charge is 1.00 e. The Morgan fingerprint density at radius 3 is 1.69 bits per heavy atom. The van der Waals surface area contributed by atoms with Crippen molar-refractivity contribution in [2.45, 2.75) is 90.0 Å². The predicted molar refractivity (Wildman–Crippen MR) is 86.6 cm³/mol. The number of carboxylic acids is 2. The number of carbonyl (C=O) groups is 3. The molecular formula is C17H31NNa2O6. The van der Waals surface area contributed by atoms with Gasteiger partial charge in [0.05, 0.1) is 12.0 Å². The minimum absolute atomic E-state index is 0. The van der Waals surface area contributed by atoms with Crippen LogP contribution in [0, 0.1) is 0 Å². The van der Waals surface area contributed by atoms with Gasteiger partial charge in [0.2, 0.25) is 5.91 Å². The molecule has 9 heteroatoms. The molecule has 0 saturated heterocycles. The summed E-state index contributed by atoms with van der Waals surface area (Å²) in [4.78, 5) is 32.8. The van der Waals surface area contributed by atoms with Gasteiger partial charge in [-0.15, -0.1) is 0 Å². The van der Waals surface area contributed by atoms with Gasteiger partial charge in [0.25, 0.3) is 0 Å². The van der Waals surface area contributed by atoms with E-state index in [-0.39, 0.29) is 83.3 Å². The van der Waals surface area contributed by atoms with Crippen molar-refractivity contribution >= 4 is 17.8 Å². The normalized spacial score (nSPS) is 10.5. The fourth-order valence-corrected chi connectivity index (χ4v) is 2.37. The molecule has 0 aliphatic carbocycles. The van der Waals surface area contributed by atoms with Gasteiger partial charge < -0.3 is 30.6 Å². The van der Waals surface area contributed by atoms with Crippen LogP contribution < -0.4 is 74.6 Å². The molecule has 142 valence electrons. The Bertz CT molecular complexity index is 369. The van der Waals surface area contributed by atoms with Gasteiger partial charge in [-0.05, 0) is 19.3 Å². The Morgan fingerprint density at radius 2 is 1.27 bits per heavy atom. The van der Waals surface area contributed by atoms with Gasteiger partial charge in [-0.2, -0.15) is 0 Å². The van der Waals surface area contributed by atoms with Crippen LogP contribution >= 0.6 is 0 Å². The number of hydrogen-bond acceptors (Lipinski definition) is 5. The summed E-state index contributed by atoms with van der Waals surface area (Å²) in [6, 6.07) is -1.26. The van der Waals surface area contributed by atoms with Crippen molar-refractivity contribution in [2.24, 2.45) is 0 Å². The maximum absolute atomic E-state index is 11.6. The van der Waals surface area contributed by atoms with Crippen LogP contribution in [0.3, 0.4) is 0 Å². The molecule has 0 aromatic carbocycles. The molecule has 0 aliphatic rings. The van der Waals surface area contributed by atoms with Crippen LogP contribution in [0.1, 0.15) is 84.0 Å². The molecule has 7 nitrogen and oxygen atoms in total. The number of hydrogen-bond donors (Lipinski definition) is 1. The number of aliphatic carboxylic acids is 2. The van der Waals surface area contributed by atoms with E-state index in [4.69, 9.17) is 0 Å². The summed E-state index contributed by atoms with van der Waals surface area (Å²) in [5.41, 5.74) is 0. The van der Waals surface area contributed by atoms with Crippen LogP contribution in [0.15, 0.2) is 0 Å². The van der Waals surface area contributed by atoms with Gasteiger partial charge >= 0.3 is 59.1 Å². The molecule has 0 rings (SSSR count). The van der Waals surface area contributed by atoms with Crippen molar-refractivity contribution in [1.29, 1.82) is 0 Å². The first-order valence-corrected chi connectivity index (χ1v) is 8.67. The van der Waals surface area contributed by atoms with Gasteiger partial charge in [0.15, 0.2) is 0 Å². The quantitative estimate of drug-likeness (QED) is 0.218. The van der Waals surface area contributed by atoms with E-state index in [0.717, 1.165) is 12.8 Å². The number of carbonyl (C=O) groups excluding carboxylic acids is 3. The first-order valence-electron chi connectivity index (χ1n) is 8.67. The molecule has 0 radical (unpaired) electrons. The van der Waals surface area contributed by atoms with Crippen LogP contribution in [0.25, 0.3) is 0 Å². The van der Waals surface area contributed by atoms with Gasteiger partial charge in [0.1, 0.15) is 0 Å². The predicted octanol–water partition coefficient (Wildman–Crippen LogP) is -6.14. The second-order valence-electron chi connectivity index (χ2n) is 5.93. The first kappa shape index (κ1) is 33.9. The Morgan fingerprint density at radius 1 is 0.808 bits per heavy atom. The Hall–Kier alpha value is 0.370. The zero-order chi connectivity index (χ0) is 17.5. The molecule has 0 aromatic heterocycles. The molecule has 0 aromatic rings. The van der Waals surface area contributed by atoms with E-state index < -0.39 is 24.4 Å². The molecule has 0 aliphatic heterocycles. The van der Waals surface area contributed by atoms with Crippen LogP contribution in [-0.2, 0) is 14.4 Å². The minimum atomic E-state index is -1.47. The van der Waals surface area contributed by atoms with Gasteiger partial charge in [-0.25, -0.2) is 0 Å². The number of unbranched alkanes of at least 4 members (excludes halogenated alkanes) is 8. The Labute approximate surface area is 201 Å². The third kappa shape index (κ3) is 22.4. The van der Waals surface area contributed by atoms with Crippen molar-refractivity contribution in [1.82, 2.24) is 5.32 Å². The van der Waals surface area contributed by atoms with E-state index in [1.165, 1.54) is 38.5 Å².